The maximum absolute atomic E-state index is 10.3. The summed E-state index contributed by atoms with van der Waals surface area (Å²) in [6.07, 6.45) is 15.1. The predicted octanol–water partition coefficient (Wildman–Crippen LogP) is 5.07. The zero-order valence-electron chi connectivity index (χ0n) is 12.0. The van der Waals surface area contributed by atoms with Gasteiger partial charge in [0.2, 0.25) is 0 Å². The summed E-state index contributed by atoms with van der Waals surface area (Å²) in [6.45, 7) is 4.61. The Balaban J connectivity index is 1.93. The highest BCUT2D eigenvalue weighted by Gasteiger charge is 2.27. The molecule has 0 bridgehead atoms. The van der Waals surface area contributed by atoms with E-state index in [0.29, 0.717) is 0 Å². The minimum atomic E-state index is -0.282. The molecule has 1 saturated carbocycles. The van der Waals surface area contributed by atoms with Gasteiger partial charge in [-0.05, 0) is 25.2 Å². The van der Waals surface area contributed by atoms with Gasteiger partial charge in [-0.25, -0.2) is 0 Å². The summed E-state index contributed by atoms with van der Waals surface area (Å²) in [5, 5.41) is 10.3. The van der Waals surface area contributed by atoms with Crippen LogP contribution in [0.3, 0.4) is 0 Å². The number of hydrogen-bond acceptors (Lipinski definition) is 1. The molecule has 0 aliphatic heterocycles. The number of hydrogen-bond donors (Lipinski definition) is 1. The molecule has 102 valence electrons. The lowest BCUT2D eigenvalue weighted by Crippen LogP contribution is -2.30. The summed E-state index contributed by atoms with van der Waals surface area (Å²) in [7, 11) is 0. The van der Waals surface area contributed by atoms with Gasteiger partial charge in [0.05, 0.1) is 5.60 Å². The highest BCUT2D eigenvalue weighted by Crippen LogP contribution is 2.32. The van der Waals surface area contributed by atoms with Gasteiger partial charge >= 0.3 is 0 Å². The molecule has 0 heterocycles. The molecule has 0 saturated heterocycles. The van der Waals surface area contributed by atoms with Crippen molar-refractivity contribution >= 4 is 0 Å². The molecule has 0 atom stereocenters. The molecule has 1 rings (SSSR count). The van der Waals surface area contributed by atoms with Crippen LogP contribution >= 0.6 is 0 Å². The lowest BCUT2D eigenvalue weighted by molar-refractivity contribution is -0.00587. The second-order valence-electron chi connectivity index (χ2n) is 6.49. The van der Waals surface area contributed by atoms with Crippen molar-refractivity contribution in [3.63, 3.8) is 0 Å². The molecule has 0 spiro atoms. The number of aliphatic hydroxyl groups is 1. The van der Waals surface area contributed by atoms with Gasteiger partial charge in [-0.1, -0.05) is 71.6 Å². The summed E-state index contributed by atoms with van der Waals surface area (Å²) < 4.78 is 0. The van der Waals surface area contributed by atoms with Gasteiger partial charge in [0.1, 0.15) is 0 Å². The molecule has 1 aliphatic carbocycles. The quantitative estimate of drug-likeness (QED) is 0.587. The van der Waals surface area contributed by atoms with Crippen molar-refractivity contribution in [1.29, 1.82) is 0 Å². The molecule has 1 aliphatic rings. The highest BCUT2D eigenvalue weighted by molar-refractivity contribution is 4.81. The van der Waals surface area contributed by atoms with Gasteiger partial charge < -0.3 is 5.11 Å². The Morgan fingerprint density at radius 3 is 2.12 bits per heavy atom. The summed E-state index contributed by atoms with van der Waals surface area (Å²) in [5.41, 5.74) is -0.282. The third-order valence-electron chi connectivity index (χ3n) is 4.21. The zero-order chi connectivity index (χ0) is 12.6. The predicted molar refractivity (Wildman–Crippen MR) is 75.2 cm³/mol. The van der Waals surface area contributed by atoms with Crippen molar-refractivity contribution in [2.75, 3.05) is 0 Å². The maximum atomic E-state index is 10.3. The average molecular weight is 240 g/mol. The fourth-order valence-electron chi connectivity index (χ4n) is 3.00. The van der Waals surface area contributed by atoms with E-state index < -0.39 is 0 Å². The third kappa shape index (κ3) is 7.08. The van der Waals surface area contributed by atoms with E-state index in [-0.39, 0.29) is 5.60 Å². The van der Waals surface area contributed by atoms with Crippen LogP contribution in [0.2, 0.25) is 0 Å². The normalized spacial score (nSPS) is 19.8. The highest BCUT2D eigenvalue weighted by atomic mass is 16.3. The molecule has 0 unspecified atom stereocenters. The average Bonchev–Trinajstić information content (AvgIpc) is 2.28. The van der Waals surface area contributed by atoms with E-state index in [1.54, 1.807) is 0 Å². The summed E-state index contributed by atoms with van der Waals surface area (Å²) in [5.74, 6) is 0.859. The van der Waals surface area contributed by atoms with Crippen LogP contribution in [0.4, 0.5) is 0 Å². The van der Waals surface area contributed by atoms with Gasteiger partial charge in [0.15, 0.2) is 0 Å². The molecular formula is C16H32O. The molecule has 17 heavy (non-hydrogen) atoms. The van der Waals surface area contributed by atoms with Crippen LogP contribution in [0.5, 0.6) is 0 Å². The van der Waals surface area contributed by atoms with Crippen LogP contribution in [0, 0.1) is 5.92 Å². The third-order valence-corrected chi connectivity index (χ3v) is 4.21. The summed E-state index contributed by atoms with van der Waals surface area (Å²) >= 11 is 0. The van der Waals surface area contributed by atoms with Crippen LogP contribution < -0.4 is 0 Å². The van der Waals surface area contributed by atoms with Crippen molar-refractivity contribution < 1.29 is 5.11 Å². The van der Waals surface area contributed by atoms with Crippen LogP contribution in [-0.2, 0) is 0 Å². The largest absolute Gasteiger partial charge is 0.390 e. The smallest absolute Gasteiger partial charge is 0.0647 e. The Kier molecular flexibility index (Phi) is 7.18. The number of rotatable bonds is 8. The minimum Gasteiger partial charge on any atom is -0.390 e. The standard InChI is InChI=1S/C16H32O/c1-15(2)11-7-4-3-5-8-12-16(17)13-9-6-10-14-16/h15,17H,3-14H2,1-2H3. The van der Waals surface area contributed by atoms with E-state index in [2.05, 4.69) is 13.8 Å². The van der Waals surface area contributed by atoms with Crippen molar-refractivity contribution in [2.45, 2.75) is 96.5 Å². The SMILES string of the molecule is CC(C)CCCCCCCC1(O)CCCCC1. The fraction of sp³-hybridized carbons (Fsp3) is 1.00. The van der Waals surface area contributed by atoms with Gasteiger partial charge in [-0.3, -0.25) is 0 Å². The van der Waals surface area contributed by atoms with Crippen molar-refractivity contribution in [3.05, 3.63) is 0 Å². The zero-order valence-corrected chi connectivity index (χ0v) is 12.0. The van der Waals surface area contributed by atoms with Crippen LogP contribution in [-0.4, -0.2) is 10.7 Å². The second-order valence-corrected chi connectivity index (χ2v) is 6.49. The van der Waals surface area contributed by atoms with Crippen LogP contribution in [0.1, 0.15) is 90.9 Å². The van der Waals surface area contributed by atoms with Crippen molar-refractivity contribution in [1.82, 2.24) is 0 Å². The molecule has 0 aromatic heterocycles. The van der Waals surface area contributed by atoms with Gasteiger partial charge in [-0.2, -0.15) is 0 Å². The molecule has 1 heteroatoms. The first-order chi connectivity index (χ1) is 8.12. The van der Waals surface area contributed by atoms with Gasteiger partial charge in [0, 0.05) is 0 Å². The Hall–Kier alpha value is -0.0400. The van der Waals surface area contributed by atoms with E-state index >= 15 is 0 Å². The summed E-state index contributed by atoms with van der Waals surface area (Å²) in [6, 6.07) is 0. The molecule has 1 fully saturated rings. The fourth-order valence-corrected chi connectivity index (χ4v) is 3.00. The Bertz CT molecular complexity index is 180. The molecule has 0 aromatic carbocycles. The maximum Gasteiger partial charge on any atom is 0.0647 e. The van der Waals surface area contributed by atoms with Crippen molar-refractivity contribution in [3.8, 4) is 0 Å². The Labute approximate surface area is 108 Å². The lowest BCUT2D eigenvalue weighted by atomic mass is 9.81. The van der Waals surface area contributed by atoms with Crippen LogP contribution in [0.15, 0.2) is 0 Å². The molecular weight excluding hydrogens is 208 g/mol. The van der Waals surface area contributed by atoms with E-state index in [0.717, 1.165) is 25.2 Å². The first kappa shape index (κ1) is 15.0. The minimum absolute atomic E-state index is 0.282. The molecule has 1 N–H and O–H groups in total. The monoisotopic (exact) mass is 240 g/mol. The topological polar surface area (TPSA) is 20.2 Å². The van der Waals surface area contributed by atoms with E-state index in [1.807, 2.05) is 0 Å². The molecule has 0 aromatic rings. The van der Waals surface area contributed by atoms with E-state index in [4.69, 9.17) is 0 Å². The van der Waals surface area contributed by atoms with E-state index in [1.165, 1.54) is 57.8 Å². The van der Waals surface area contributed by atoms with Crippen LogP contribution in [0.25, 0.3) is 0 Å². The Morgan fingerprint density at radius 2 is 1.47 bits per heavy atom. The lowest BCUT2D eigenvalue weighted by Gasteiger charge is -2.32. The number of unbranched alkanes of at least 4 members (excludes halogenated alkanes) is 4. The molecule has 0 radical (unpaired) electrons. The van der Waals surface area contributed by atoms with Gasteiger partial charge in [-0.15, -0.1) is 0 Å². The van der Waals surface area contributed by atoms with E-state index in [9.17, 15) is 5.11 Å². The first-order valence-electron chi connectivity index (χ1n) is 7.85. The summed E-state index contributed by atoms with van der Waals surface area (Å²) in [4.78, 5) is 0. The first-order valence-corrected chi connectivity index (χ1v) is 7.85. The van der Waals surface area contributed by atoms with Crippen molar-refractivity contribution in [2.24, 2.45) is 5.92 Å². The molecule has 1 nitrogen and oxygen atoms in total. The van der Waals surface area contributed by atoms with Gasteiger partial charge in [0.25, 0.3) is 0 Å². The molecule has 0 amide bonds. The Morgan fingerprint density at radius 1 is 0.882 bits per heavy atom. The second kappa shape index (κ2) is 8.13.